The monoisotopic (exact) mass is 420 g/mol. The number of carbonyl (C=O) groups is 2. The molecule has 0 aliphatic rings. The lowest BCUT2D eigenvalue weighted by atomic mass is 10.0. The summed E-state index contributed by atoms with van der Waals surface area (Å²) in [4.78, 5) is 31.7. The number of aliphatic carboxylic acids is 1. The van der Waals surface area contributed by atoms with E-state index >= 15 is 0 Å². The predicted molar refractivity (Wildman–Crippen MR) is 104 cm³/mol. The number of hydrogen-bond donors (Lipinski definition) is 3. The average Bonchev–Trinajstić information content (AvgIpc) is 3.08. The number of carboxylic acids is 1. The van der Waals surface area contributed by atoms with Crippen LogP contribution in [0.3, 0.4) is 0 Å². The van der Waals surface area contributed by atoms with Crippen molar-refractivity contribution in [3.8, 4) is 0 Å². The van der Waals surface area contributed by atoms with Crippen LogP contribution in [-0.4, -0.2) is 45.4 Å². The first-order chi connectivity index (χ1) is 14.1. The van der Waals surface area contributed by atoms with Crippen LogP contribution >= 0.6 is 0 Å². The SMILES string of the molecule is CN(CC(=O)O)C(=O)CC(Nc1nc2ccccc2[nH]1)c1cccc(C(F)(F)F)c1. The minimum Gasteiger partial charge on any atom is -0.480 e. The molecule has 3 aromatic rings. The number of amides is 1. The van der Waals surface area contributed by atoms with Crippen molar-refractivity contribution in [1.82, 2.24) is 14.9 Å². The number of rotatable bonds is 7. The van der Waals surface area contributed by atoms with E-state index in [4.69, 9.17) is 5.11 Å². The number of hydrogen-bond acceptors (Lipinski definition) is 4. The fourth-order valence-corrected chi connectivity index (χ4v) is 2.99. The predicted octanol–water partition coefficient (Wildman–Crippen LogP) is 3.67. The second-order valence-electron chi connectivity index (χ2n) is 6.77. The maximum Gasteiger partial charge on any atom is 0.416 e. The average molecular weight is 420 g/mol. The molecule has 0 aliphatic heterocycles. The summed E-state index contributed by atoms with van der Waals surface area (Å²) in [6, 6.07) is 10.9. The molecule has 10 heteroatoms. The fourth-order valence-electron chi connectivity index (χ4n) is 2.99. The lowest BCUT2D eigenvalue weighted by Crippen LogP contribution is -2.33. The van der Waals surface area contributed by atoms with Gasteiger partial charge in [-0.3, -0.25) is 9.59 Å². The van der Waals surface area contributed by atoms with Crippen molar-refractivity contribution in [3.05, 3.63) is 59.7 Å². The van der Waals surface area contributed by atoms with E-state index in [0.29, 0.717) is 5.52 Å². The van der Waals surface area contributed by atoms with Crippen molar-refractivity contribution >= 4 is 28.9 Å². The Balaban J connectivity index is 1.91. The van der Waals surface area contributed by atoms with E-state index in [1.165, 1.54) is 19.2 Å². The van der Waals surface area contributed by atoms with E-state index in [-0.39, 0.29) is 17.9 Å². The second kappa shape index (κ2) is 8.44. The number of carboxylic acid groups (broad SMARTS) is 1. The van der Waals surface area contributed by atoms with Gasteiger partial charge in [-0.1, -0.05) is 24.3 Å². The molecule has 1 heterocycles. The van der Waals surface area contributed by atoms with E-state index in [1.54, 1.807) is 24.3 Å². The molecule has 0 spiro atoms. The highest BCUT2D eigenvalue weighted by Gasteiger charge is 2.31. The Labute approximate surface area is 169 Å². The smallest absolute Gasteiger partial charge is 0.416 e. The molecule has 0 bridgehead atoms. The molecule has 0 saturated carbocycles. The number of alkyl halides is 3. The van der Waals surface area contributed by atoms with Crippen LogP contribution in [0, 0.1) is 0 Å². The molecular formula is C20H19F3N4O3. The minimum absolute atomic E-state index is 0.224. The molecule has 30 heavy (non-hydrogen) atoms. The van der Waals surface area contributed by atoms with Crippen molar-refractivity contribution in [2.45, 2.75) is 18.6 Å². The number of fused-ring (bicyclic) bond motifs is 1. The van der Waals surface area contributed by atoms with Gasteiger partial charge in [0.1, 0.15) is 6.54 Å². The Morgan fingerprint density at radius 1 is 1.20 bits per heavy atom. The molecule has 2 aromatic carbocycles. The maximum absolute atomic E-state index is 13.2. The lowest BCUT2D eigenvalue weighted by Gasteiger charge is -2.22. The number of nitrogens with one attached hydrogen (secondary N) is 2. The van der Waals surface area contributed by atoms with Crippen molar-refractivity contribution in [2.24, 2.45) is 0 Å². The summed E-state index contributed by atoms with van der Waals surface area (Å²) < 4.78 is 39.5. The van der Waals surface area contributed by atoms with Gasteiger partial charge in [-0.15, -0.1) is 0 Å². The summed E-state index contributed by atoms with van der Waals surface area (Å²) in [7, 11) is 1.32. The number of aromatic nitrogens is 2. The molecule has 1 aromatic heterocycles. The van der Waals surface area contributed by atoms with Gasteiger partial charge in [0.15, 0.2) is 0 Å². The summed E-state index contributed by atoms with van der Waals surface area (Å²) in [5.41, 5.74) is 0.749. The summed E-state index contributed by atoms with van der Waals surface area (Å²) >= 11 is 0. The van der Waals surface area contributed by atoms with Crippen LogP contribution in [0.15, 0.2) is 48.5 Å². The molecule has 3 rings (SSSR count). The topological polar surface area (TPSA) is 98.3 Å². The molecule has 1 unspecified atom stereocenters. The molecule has 7 nitrogen and oxygen atoms in total. The Hall–Kier alpha value is -3.56. The van der Waals surface area contributed by atoms with E-state index < -0.39 is 36.2 Å². The number of H-pyrrole nitrogens is 1. The zero-order chi connectivity index (χ0) is 21.9. The van der Waals surface area contributed by atoms with Crippen LogP contribution < -0.4 is 5.32 Å². The highest BCUT2D eigenvalue weighted by atomic mass is 19.4. The molecule has 0 aliphatic carbocycles. The second-order valence-corrected chi connectivity index (χ2v) is 6.77. The highest BCUT2D eigenvalue weighted by Crippen LogP contribution is 2.32. The van der Waals surface area contributed by atoms with Gasteiger partial charge in [-0.2, -0.15) is 13.2 Å². The number of carbonyl (C=O) groups excluding carboxylic acids is 1. The first-order valence-corrected chi connectivity index (χ1v) is 8.97. The third-order valence-corrected chi connectivity index (χ3v) is 4.49. The van der Waals surface area contributed by atoms with Gasteiger partial charge in [0.05, 0.1) is 29.1 Å². The summed E-state index contributed by atoms with van der Waals surface area (Å²) in [6.45, 7) is -0.515. The standard InChI is InChI=1S/C20H19F3N4O3/c1-27(11-18(29)30)17(28)10-16(12-5-4-6-13(9-12)20(21,22)23)26-19-24-14-7-2-3-8-15(14)25-19/h2-9,16H,10-11H2,1H3,(H,29,30)(H2,24,25,26). The van der Waals surface area contributed by atoms with Gasteiger partial charge in [0, 0.05) is 7.05 Å². The number of imidazole rings is 1. The fraction of sp³-hybridized carbons (Fsp3) is 0.250. The van der Waals surface area contributed by atoms with Crippen molar-refractivity contribution in [1.29, 1.82) is 0 Å². The molecule has 158 valence electrons. The number of benzene rings is 2. The molecule has 1 atom stereocenters. The molecule has 1 amide bonds. The first-order valence-electron chi connectivity index (χ1n) is 8.97. The van der Waals surface area contributed by atoms with E-state index in [0.717, 1.165) is 22.5 Å². The molecular weight excluding hydrogens is 401 g/mol. The van der Waals surface area contributed by atoms with Gasteiger partial charge in [0.2, 0.25) is 11.9 Å². The Kier molecular flexibility index (Phi) is 5.95. The van der Waals surface area contributed by atoms with Crippen LogP contribution in [0.5, 0.6) is 0 Å². The molecule has 3 N–H and O–H groups in total. The van der Waals surface area contributed by atoms with Crippen molar-refractivity contribution < 1.29 is 27.9 Å². The Morgan fingerprint density at radius 2 is 1.93 bits per heavy atom. The van der Waals surface area contributed by atoms with Gasteiger partial charge < -0.3 is 20.3 Å². The molecule has 0 fully saturated rings. The number of nitrogens with zero attached hydrogens (tertiary/aromatic N) is 2. The van der Waals surface area contributed by atoms with Gasteiger partial charge in [-0.25, -0.2) is 4.98 Å². The Morgan fingerprint density at radius 3 is 2.60 bits per heavy atom. The largest absolute Gasteiger partial charge is 0.480 e. The van der Waals surface area contributed by atoms with E-state index in [2.05, 4.69) is 15.3 Å². The summed E-state index contributed by atoms with van der Waals surface area (Å²) in [5.74, 6) is -1.44. The van der Waals surface area contributed by atoms with Gasteiger partial charge in [0.25, 0.3) is 0 Å². The number of aromatic amines is 1. The van der Waals surface area contributed by atoms with Crippen LogP contribution in [0.2, 0.25) is 0 Å². The third kappa shape index (κ3) is 5.07. The van der Waals surface area contributed by atoms with Crippen molar-refractivity contribution in [2.75, 3.05) is 18.9 Å². The Bertz CT molecular complexity index is 1030. The number of anilines is 1. The summed E-state index contributed by atoms with van der Waals surface area (Å²) in [6.07, 6.45) is -4.80. The van der Waals surface area contributed by atoms with Crippen LogP contribution in [0.1, 0.15) is 23.6 Å². The number of halogens is 3. The zero-order valence-electron chi connectivity index (χ0n) is 15.9. The third-order valence-electron chi connectivity index (χ3n) is 4.49. The van der Waals surface area contributed by atoms with Crippen LogP contribution in [-0.2, 0) is 15.8 Å². The van der Waals surface area contributed by atoms with Crippen LogP contribution in [0.4, 0.5) is 19.1 Å². The molecule has 0 radical (unpaired) electrons. The summed E-state index contributed by atoms with van der Waals surface area (Å²) in [5, 5.41) is 11.8. The van der Waals surface area contributed by atoms with Gasteiger partial charge in [-0.05, 0) is 29.8 Å². The number of likely N-dealkylation sites (N-methyl/N-ethyl adjacent to an activating group) is 1. The quantitative estimate of drug-likeness (QED) is 0.542. The van der Waals surface area contributed by atoms with Gasteiger partial charge >= 0.3 is 12.1 Å². The van der Waals surface area contributed by atoms with E-state index in [9.17, 15) is 22.8 Å². The highest BCUT2D eigenvalue weighted by molar-refractivity contribution is 5.82. The maximum atomic E-state index is 13.2. The normalized spacial score (nSPS) is 12.5. The first kappa shape index (κ1) is 21.2. The zero-order valence-corrected chi connectivity index (χ0v) is 15.9. The van der Waals surface area contributed by atoms with Crippen LogP contribution in [0.25, 0.3) is 11.0 Å². The number of para-hydroxylation sites is 2. The van der Waals surface area contributed by atoms with E-state index in [1.807, 2.05) is 0 Å². The minimum atomic E-state index is -4.54. The van der Waals surface area contributed by atoms with Crippen molar-refractivity contribution in [3.63, 3.8) is 0 Å². The lowest BCUT2D eigenvalue weighted by molar-refractivity contribution is -0.143. The molecule has 0 saturated heterocycles.